The van der Waals surface area contributed by atoms with Crippen LogP contribution in [0.25, 0.3) is 0 Å². The van der Waals surface area contributed by atoms with E-state index >= 15 is 0 Å². The van der Waals surface area contributed by atoms with Crippen molar-refractivity contribution in [3.63, 3.8) is 0 Å². The summed E-state index contributed by atoms with van der Waals surface area (Å²) in [6.45, 7) is 8.03. The normalized spacial score (nSPS) is 18.7. The fraction of sp³-hybridized carbons (Fsp3) is 0.889. The molecule has 5 heteroatoms. The fourth-order valence-electron chi connectivity index (χ4n) is 1.59. The molecule has 1 fully saturated rings. The van der Waals surface area contributed by atoms with Crippen LogP contribution >= 0.6 is 11.9 Å². The first-order valence-electron chi connectivity index (χ1n) is 4.97. The minimum Gasteiger partial charge on any atom is -0.322 e. The first-order valence-corrected chi connectivity index (χ1v) is 6.19. The number of nitrogens with one attached hydrogen (secondary N) is 1. The van der Waals surface area contributed by atoms with Crippen LogP contribution in [0.1, 0.15) is 13.8 Å². The van der Waals surface area contributed by atoms with Gasteiger partial charge in [0.15, 0.2) is 0 Å². The van der Waals surface area contributed by atoms with Gasteiger partial charge in [0.05, 0.1) is 0 Å². The molecule has 1 aliphatic heterocycles. The topological polar surface area (TPSA) is 35.6 Å². The molecule has 0 saturated carbocycles. The van der Waals surface area contributed by atoms with E-state index in [0.717, 1.165) is 26.2 Å². The van der Waals surface area contributed by atoms with Crippen molar-refractivity contribution in [2.75, 3.05) is 32.4 Å². The largest absolute Gasteiger partial charge is 0.327 e. The van der Waals surface area contributed by atoms with Crippen molar-refractivity contribution in [1.82, 2.24) is 14.5 Å². The molecule has 1 aliphatic rings. The molecule has 0 aromatic carbocycles. The smallest absolute Gasteiger partial charge is 0.322 e. The average molecular weight is 217 g/mol. The van der Waals surface area contributed by atoms with Gasteiger partial charge in [-0.05, 0) is 13.8 Å². The lowest BCUT2D eigenvalue weighted by atomic mass is 10.2. The van der Waals surface area contributed by atoms with E-state index in [-0.39, 0.29) is 6.03 Å². The van der Waals surface area contributed by atoms with Gasteiger partial charge in [-0.1, -0.05) is 11.9 Å². The molecule has 82 valence electrons. The quantitative estimate of drug-likeness (QED) is 0.701. The molecule has 0 unspecified atom stereocenters. The van der Waals surface area contributed by atoms with Crippen LogP contribution in [-0.4, -0.2) is 54.3 Å². The number of rotatable bonds is 2. The molecule has 1 rings (SSSR count). The summed E-state index contributed by atoms with van der Waals surface area (Å²) in [7, 11) is 0. The van der Waals surface area contributed by atoms with Gasteiger partial charge in [-0.25, -0.2) is 4.79 Å². The lowest BCUT2D eigenvalue weighted by Gasteiger charge is -2.36. The molecule has 0 radical (unpaired) electrons. The molecule has 4 nitrogen and oxygen atoms in total. The van der Waals surface area contributed by atoms with Gasteiger partial charge in [0.1, 0.15) is 0 Å². The molecule has 0 atom stereocenters. The van der Waals surface area contributed by atoms with Crippen molar-refractivity contribution in [2.45, 2.75) is 19.9 Å². The Hall–Kier alpha value is -0.420. The molecule has 1 saturated heterocycles. The number of piperazine rings is 1. The molecular formula is C9H19N3OS. The molecule has 14 heavy (non-hydrogen) atoms. The van der Waals surface area contributed by atoms with Gasteiger partial charge in [0, 0.05) is 38.5 Å². The zero-order valence-electron chi connectivity index (χ0n) is 9.12. The van der Waals surface area contributed by atoms with Gasteiger partial charge >= 0.3 is 6.03 Å². The molecule has 0 aromatic heterocycles. The van der Waals surface area contributed by atoms with Crippen molar-refractivity contribution < 1.29 is 4.79 Å². The molecule has 0 aliphatic carbocycles. The summed E-state index contributed by atoms with van der Waals surface area (Å²) >= 11 is 1.36. The van der Waals surface area contributed by atoms with E-state index in [1.54, 1.807) is 0 Å². The first kappa shape index (κ1) is 11.7. The van der Waals surface area contributed by atoms with E-state index in [9.17, 15) is 4.79 Å². The number of carbonyl (C=O) groups excluding carboxylic acids is 1. The number of urea groups is 1. The van der Waals surface area contributed by atoms with Gasteiger partial charge < -0.3 is 4.90 Å². The van der Waals surface area contributed by atoms with E-state index < -0.39 is 0 Å². The lowest BCUT2D eigenvalue weighted by Crippen LogP contribution is -2.52. The van der Waals surface area contributed by atoms with Crippen molar-refractivity contribution >= 4 is 18.0 Å². The maximum absolute atomic E-state index is 11.5. The van der Waals surface area contributed by atoms with E-state index in [1.807, 2.05) is 11.2 Å². The zero-order valence-corrected chi connectivity index (χ0v) is 9.93. The average Bonchev–Trinajstić information content (AvgIpc) is 2.18. The van der Waals surface area contributed by atoms with Crippen LogP contribution in [0.3, 0.4) is 0 Å². The third-order valence-electron chi connectivity index (χ3n) is 2.52. The maximum atomic E-state index is 11.5. The second-order valence-electron chi connectivity index (χ2n) is 3.73. The van der Waals surface area contributed by atoms with E-state index in [0.29, 0.717) is 6.04 Å². The summed E-state index contributed by atoms with van der Waals surface area (Å²) in [6, 6.07) is 0.627. The lowest BCUT2D eigenvalue weighted by molar-refractivity contribution is 0.122. The van der Waals surface area contributed by atoms with Crippen LogP contribution in [0, 0.1) is 0 Å². The Morgan fingerprint density at radius 1 is 1.29 bits per heavy atom. The van der Waals surface area contributed by atoms with Crippen molar-refractivity contribution in [2.24, 2.45) is 0 Å². The summed E-state index contributed by atoms with van der Waals surface area (Å²) in [5.74, 6) is 0. The van der Waals surface area contributed by atoms with Crippen LogP contribution in [0.15, 0.2) is 0 Å². The minimum absolute atomic E-state index is 0.0425. The van der Waals surface area contributed by atoms with Crippen LogP contribution in [0.2, 0.25) is 0 Å². The highest BCUT2D eigenvalue weighted by molar-refractivity contribution is 7.97. The summed E-state index contributed by atoms with van der Waals surface area (Å²) in [5, 5.41) is 0. The molecular weight excluding hydrogens is 198 g/mol. The molecule has 1 heterocycles. The summed E-state index contributed by atoms with van der Waals surface area (Å²) in [6.07, 6.45) is 1.86. The standard InChI is InChI=1S/C9H19N3OS/c1-8(2)11-4-6-12(7-5-11)9(13)10-14-3/h8H,4-7H2,1-3H3,(H,10,13). The minimum atomic E-state index is 0.0425. The SMILES string of the molecule is CSNC(=O)N1CCN(C(C)C)CC1. The Morgan fingerprint density at radius 2 is 1.86 bits per heavy atom. The zero-order chi connectivity index (χ0) is 10.6. The van der Waals surface area contributed by atoms with Crippen LogP contribution in [0.5, 0.6) is 0 Å². The van der Waals surface area contributed by atoms with Crippen LogP contribution in [0.4, 0.5) is 4.79 Å². The Labute approximate surface area is 90.1 Å². The summed E-state index contributed by atoms with van der Waals surface area (Å²) in [4.78, 5) is 15.7. The highest BCUT2D eigenvalue weighted by atomic mass is 32.2. The second kappa shape index (κ2) is 5.46. The Kier molecular flexibility index (Phi) is 4.54. The van der Waals surface area contributed by atoms with Gasteiger partial charge in [-0.3, -0.25) is 9.62 Å². The molecule has 0 spiro atoms. The number of carbonyl (C=O) groups is 1. The third-order valence-corrected chi connectivity index (χ3v) is 2.90. The van der Waals surface area contributed by atoms with E-state index in [2.05, 4.69) is 23.5 Å². The molecule has 2 amide bonds. The van der Waals surface area contributed by atoms with Crippen molar-refractivity contribution in [1.29, 1.82) is 0 Å². The van der Waals surface area contributed by atoms with Crippen LogP contribution < -0.4 is 4.72 Å². The number of nitrogens with zero attached hydrogens (tertiary/aromatic N) is 2. The van der Waals surface area contributed by atoms with E-state index in [1.165, 1.54) is 11.9 Å². The summed E-state index contributed by atoms with van der Waals surface area (Å²) < 4.78 is 2.74. The molecule has 0 aromatic rings. The molecule has 0 bridgehead atoms. The summed E-state index contributed by atoms with van der Waals surface area (Å²) in [5.41, 5.74) is 0. The van der Waals surface area contributed by atoms with Gasteiger partial charge in [-0.2, -0.15) is 0 Å². The van der Waals surface area contributed by atoms with Gasteiger partial charge in [-0.15, -0.1) is 0 Å². The highest BCUT2D eigenvalue weighted by Gasteiger charge is 2.21. The maximum Gasteiger partial charge on any atom is 0.327 e. The van der Waals surface area contributed by atoms with Gasteiger partial charge in [0.2, 0.25) is 0 Å². The number of hydrogen-bond acceptors (Lipinski definition) is 3. The predicted molar refractivity (Wildman–Crippen MR) is 60.3 cm³/mol. The number of amides is 2. The second-order valence-corrected chi connectivity index (χ2v) is 4.34. The Balaban J connectivity index is 2.31. The first-order chi connectivity index (χ1) is 6.65. The van der Waals surface area contributed by atoms with Crippen molar-refractivity contribution in [3.8, 4) is 0 Å². The van der Waals surface area contributed by atoms with Crippen molar-refractivity contribution in [3.05, 3.63) is 0 Å². The third kappa shape index (κ3) is 3.06. The van der Waals surface area contributed by atoms with E-state index in [4.69, 9.17) is 0 Å². The predicted octanol–water partition coefficient (Wildman–Crippen LogP) is 1.00. The highest BCUT2D eigenvalue weighted by Crippen LogP contribution is 2.06. The number of hydrogen-bond donors (Lipinski definition) is 1. The molecule has 1 N–H and O–H groups in total. The van der Waals surface area contributed by atoms with Crippen LogP contribution in [-0.2, 0) is 0 Å². The monoisotopic (exact) mass is 217 g/mol. The fourth-order valence-corrected chi connectivity index (χ4v) is 1.90. The Morgan fingerprint density at radius 3 is 2.29 bits per heavy atom. The Bertz CT molecular complexity index is 190. The van der Waals surface area contributed by atoms with Gasteiger partial charge in [0.25, 0.3) is 0 Å².